The largest absolute Gasteiger partial charge is 0.404 e. The summed E-state index contributed by atoms with van der Waals surface area (Å²) in [7, 11) is 1.57. The van der Waals surface area contributed by atoms with Crippen LogP contribution in [0.4, 0.5) is 8.78 Å². The Kier molecular flexibility index (Phi) is 8.03. The van der Waals surface area contributed by atoms with Crippen LogP contribution in [0.5, 0.6) is 0 Å². The molecule has 0 saturated carbocycles. The Balaban J connectivity index is 1.63. The molecular weight excluding hydrogens is 534 g/mol. The summed E-state index contributed by atoms with van der Waals surface area (Å²) in [4.78, 5) is 44.6. The molecule has 0 radical (unpaired) electrons. The Labute approximate surface area is 226 Å². The molecule has 2 heterocycles. The van der Waals surface area contributed by atoms with Crippen LogP contribution in [0.3, 0.4) is 0 Å². The van der Waals surface area contributed by atoms with Crippen molar-refractivity contribution in [3.8, 4) is 0 Å². The first kappa shape index (κ1) is 27.2. The molecule has 0 bridgehead atoms. The number of fused-ring (bicyclic) bond motifs is 1. The zero-order valence-corrected chi connectivity index (χ0v) is 22.0. The molecule has 0 saturated heterocycles. The molecule has 0 unspecified atom stereocenters. The second-order valence-corrected chi connectivity index (χ2v) is 10.3. The summed E-state index contributed by atoms with van der Waals surface area (Å²) >= 11 is 7.40. The molecule has 0 spiro atoms. The predicted octanol–water partition coefficient (Wildman–Crippen LogP) is 4.60. The first-order valence-electron chi connectivity index (χ1n) is 11.5. The van der Waals surface area contributed by atoms with Crippen LogP contribution in [0.15, 0.2) is 65.3 Å². The molecule has 1 aliphatic rings. The number of halogens is 3. The van der Waals surface area contributed by atoms with Gasteiger partial charge in [-0.05, 0) is 67.1 Å². The SMILES string of the molecule is CN=C(C(C)=CN)c1cc(C(=O)N[C@@H](Cc2cc(F)ccc2F)CN2C(=O)c3ccccc3C2=O)sc1Cl. The van der Waals surface area contributed by atoms with Crippen molar-refractivity contribution in [3.63, 3.8) is 0 Å². The van der Waals surface area contributed by atoms with Crippen LogP contribution >= 0.6 is 22.9 Å². The van der Waals surface area contributed by atoms with Gasteiger partial charge in [-0.1, -0.05) is 23.7 Å². The number of rotatable bonds is 8. The third kappa shape index (κ3) is 5.36. The first-order chi connectivity index (χ1) is 18.1. The highest BCUT2D eigenvalue weighted by Crippen LogP contribution is 2.30. The van der Waals surface area contributed by atoms with Gasteiger partial charge < -0.3 is 11.1 Å². The van der Waals surface area contributed by atoms with Gasteiger partial charge in [-0.25, -0.2) is 8.78 Å². The van der Waals surface area contributed by atoms with Gasteiger partial charge in [-0.15, -0.1) is 11.3 Å². The van der Waals surface area contributed by atoms with Gasteiger partial charge in [-0.3, -0.25) is 24.3 Å². The third-order valence-corrected chi connectivity index (χ3v) is 7.46. The van der Waals surface area contributed by atoms with E-state index in [1.807, 2.05) is 0 Å². The summed E-state index contributed by atoms with van der Waals surface area (Å²) in [6.45, 7) is 1.50. The molecule has 7 nitrogen and oxygen atoms in total. The van der Waals surface area contributed by atoms with Gasteiger partial charge in [0, 0.05) is 19.2 Å². The number of hydrogen-bond acceptors (Lipinski definition) is 6. The summed E-state index contributed by atoms with van der Waals surface area (Å²) < 4.78 is 28.7. The lowest BCUT2D eigenvalue weighted by molar-refractivity contribution is 0.0629. The number of carbonyl (C=O) groups is 3. The number of thiophene rings is 1. The standard InChI is InChI=1S/C27H23ClF2N4O3S/c1-14(12-31)23(32-2)20-11-22(38-24(20)28)25(35)33-17(10-15-9-16(29)7-8-21(15)30)13-34-26(36)18-5-3-4-6-19(18)27(34)37/h3-9,11-12,17H,10,13,31H2,1-2H3,(H,33,35)/t17-/m0/s1. The second kappa shape index (κ2) is 11.2. The van der Waals surface area contributed by atoms with Gasteiger partial charge in [-0.2, -0.15) is 0 Å². The average Bonchev–Trinajstić information content (AvgIpc) is 3.40. The number of allylic oxidation sites excluding steroid dienone is 1. The maximum absolute atomic E-state index is 14.5. The van der Waals surface area contributed by atoms with Crippen LogP contribution < -0.4 is 11.1 Å². The fourth-order valence-electron chi connectivity index (χ4n) is 4.24. The monoisotopic (exact) mass is 556 g/mol. The van der Waals surface area contributed by atoms with Crippen molar-refractivity contribution in [1.29, 1.82) is 0 Å². The Hall–Kier alpha value is -3.89. The topological polar surface area (TPSA) is 105 Å². The highest BCUT2D eigenvalue weighted by Gasteiger charge is 2.37. The molecule has 3 aromatic rings. The van der Waals surface area contributed by atoms with Gasteiger partial charge in [0.1, 0.15) is 16.0 Å². The van der Waals surface area contributed by atoms with Crippen LogP contribution in [0.25, 0.3) is 0 Å². The van der Waals surface area contributed by atoms with Gasteiger partial charge in [0.2, 0.25) is 0 Å². The van der Waals surface area contributed by atoms with E-state index in [2.05, 4.69) is 10.3 Å². The van der Waals surface area contributed by atoms with Crippen LogP contribution in [0, 0.1) is 11.6 Å². The maximum atomic E-state index is 14.5. The Bertz CT molecular complexity index is 1470. The molecule has 1 atom stereocenters. The van der Waals surface area contributed by atoms with Crippen molar-refractivity contribution in [2.24, 2.45) is 10.7 Å². The van der Waals surface area contributed by atoms with E-state index < -0.39 is 35.4 Å². The number of hydrogen-bond donors (Lipinski definition) is 2. The predicted molar refractivity (Wildman–Crippen MR) is 143 cm³/mol. The summed E-state index contributed by atoms with van der Waals surface area (Å²) in [5, 5.41) is 2.76. The fourth-order valence-corrected chi connectivity index (χ4v) is 5.42. The lowest BCUT2D eigenvalue weighted by Crippen LogP contribution is -2.47. The number of nitrogens with one attached hydrogen (secondary N) is 1. The molecule has 196 valence electrons. The summed E-state index contributed by atoms with van der Waals surface area (Å²) in [5.41, 5.74) is 7.76. The average molecular weight is 557 g/mol. The lowest BCUT2D eigenvalue weighted by atomic mass is 10.0. The van der Waals surface area contributed by atoms with Crippen LogP contribution in [0.2, 0.25) is 4.34 Å². The minimum absolute atomic E-state index is 0.0130. The van der Waals surface area contributed by atoms with Crippen LogP contribution in [-0.2, 0) is 6.42 Å². The van der Waals surface area contributed by atoms with Crippen molar-refractivity contribution >= 4 is 46.4 Å². The molecule has 38 heavy (non-hydrogen) atoms. The second-order valence-electron chi connectivity index (χ2n) is 8.60. The molecule has 1 aliphatic heterocycles. The Morgan fingerprint density at radius 3 is 2.42 bits per heavy atom. The number of nitrogens with zero attached hydrogens (tertiary/aromatic N) is 2. The zero-order chi connectivity index (χ0) is 27.6. The molecule has 2 aromatic carbocycles. The number of aliphatic imine (C=N–C) groups is 1. The molecular formula is C27H23ClF2N4O3S. The van der Waals surface area contributed by atoms with Gasteiger partial charge in [0.15, 0.2) is 0 Å². The summed E-state index contributed by atoms with van der Waals surface area (Å²) in [6.07, 6.45) is 1.20. The maximum Gasteiger partial charge on any atom is 0.261 e. The zero-order valence-electron chi connectivity index (χ0n) is 20.4. The molecule has 3 amide bonds. The van der Waals surface area contributed by atoms with Crippen molar-refractivity contribution in [2.75, 3.05) is 13.6 Å². The van der Waals surface area contributed by atoms with Crippen molar-refractivity contribution in [3.05, 3.63) is 103 Å². The van der Waals surface area contributed by atoms with Crippen molar-refractivity contribution in [1.82, 2.24) is 10.2 Å². The summed E-state index contributed by atoms with van der Waals surface area (Å²) in [5.74, 6) is -2.96. The first-order valence-corrected chi connectivity index (χ1v) is 12.7. The van der Waals surface area contributed by atoms with E-state index in [9.17, 15) is 23.2 Å². The highest BCUT2D eigenvalue weighted by molar-refractivity contribution is 7.18. The van der Waals surface area contributed by atoms with Crippen LogP contribution in [-0.4, -0.2) is 48.0 Å². The smallest absolute Gasteiger partial charge is 0.261 e. The van der Waals surface area contributed by atoms with Gasteiger partial charge in [0.05, 0.1) is 27.8 Å². The normalized spacial score (nSPS) is 14.6. The van der Waals surface area contributed by atoms with Crippen LogP contribution in [0.1, 0.15) is 48.4 Å². The quantitative estimate of drug-likeness (QED) is 0.312. The third-order valence-electron chi connectivity index (χ3n) is 6.10. The van der Waals surface area contributed by atoms with E-state index in [1.165, 1.54) is 18.3 Å². The molecule has 11 heteroatoms. The number of carbonyl (C=O) groups excluding carboxylic acids is 3. The lowest BCUT2D eigenvalue weighted by Gasteiger charge is -2.24. The van der Waals surface area contributed by atoms with E-state index in [0.717, 1.165) is 34.4 Å². The number of imide groups is 1. The molecule has 0 aliphatic carbocycles. The van der Waals surface area contributed by atoms with E-state index in [4.69, 9.17) is 17.3 Å². The molecule has 4 rings (SSSR count). The fraction of sp³-hybridized carbons (Fsp3) is 0.185. The Morgan fingerprint density at radius 1 is 1.16 bits per heavy atom. The Morgan fingerprint density at radius 2 is 1.82 bits per heavy atom. The van der Waals surface area contributed by atoms with Gasteiger partial charge in [0.25, 0.3) is 17.7 Å². The number of benzene rings is 2. The minimum atomic E-state index is -0.935. The minimum Gasteiger partial charge on any atom is -0.404 e. The molecule has 3 N–H and O–H groups in total. The van der Waals surface area contributed by atoms with E-state index in [-0.39, 0.29) is 34.5 Å². The number of amides is 3. The van der Waals surface area contributed by atoms with E-state index in [0.29, 0.717) is 21.2 Å². The van der Waals surface area contributed by atoms with Crippen molar-refractivity contribution in [2.45, 2.75) is 19.4 Å². The van der Waals surface area contributed by atoms with Gasteiger partial charge >= 0.3 is 0 Å². The van der Waals surface area contributed by atoms with E-state index >= 15 is 0 Å². The molecule has 1 aromatic heterocycles. The van der Waals surface area contributed by atoms with E-state index in [1.54, 1.807) is 32.2 Å². The number of nitrogens with two attached hydrogens (primary N) is 1. The summed E-state index contributed by atoms with van der Waals surface area (Å²) in [6, 6.07) is 9.96. The molecule has 0 fully saturated rings. The van der Waals surface area contributed by atoms with Crippen molar-refractivity contribution < 1.29 is 23.2 Å². The highest BCUT2D eigenvalue weighted by atomic mass is 35.5.